The Hall–Kier alpha value is -1.76. The maximum Gasteiger partial charge on any atom is 0.139 e. The van der Waals surface area contributed by atoms with Crippen molar-refractivity contribution in [2.45, 2.75) is 6.54 Å². The number of hydrogen-bond donors (Lipinski definition) is 2. The van der Waals surface area contributed by atoms with E-state index in [1.54, 1.807) is 18.4 Å². The van der Waals surface area contributed by atoms with Crippen LogP contribution in [0.15, 0.2) is 29.9 Å². The summed E-state index contributed by atoms with van der Waals surface area (Å²) >= 11 is 1.69. The summed E-state index contributed by atoms with van der Waals surface area (Å²) in [6.07, 6.45) is 3.71. The van der Waals surface area contributed by atoms with Crippen LogP contribution in [0.2, 0.25) is 0 Å². The summed E-state index contributed by atoms with van der Waals surface area (Å²) in [5.41, 5.74) is 3.11. The first-order valence-electron chi connectivity index (χ1n) is 6.44. The number of nitrogens with zero attached hydrogens (tertiary/aromatic N) is 2. The summed E-state index contributed by atoms with van der Waals surface area (Å²) in [4.78, 5) is 12.2. The van der Waals surface area contributed by atoms with Crippen LogP contribution in [-0.2, 0) is 11.3 Å². The molecular formula is C14H16N4OS. The Bertz CT molecular complexity index is 691. The molecule has 0 atom stereocenters. The van der Waals surface area contributed by atoms with E-state index in [4.69, 9.17) is 4.74 Å². The lowest BCUT2D eigenvalue weighted by molar-refractivity contribution is 0.199. The maximum absolute atomic E-state index is 4.99. The molecule has 3 rings (SSSR count). The average molecular weight is 288 g/mol. The van der Waals surface area contributed by atoms with Gasteiger partial charge in [-0.1, -0.05) is 0 Å². The lowest BCUT2D eigenvalue weighted by Crippen LogP contribution is -2.18. The lowest BCUT2D eigenvalue weighted by atomic mass is 10.2. The second kappa shape index (κ2) is 6.13. The predicted octanol–water partition coefficient (Wildman–Crippen LogP) is 2.42. The van der Waals surface area contributed by atoms with Crippen molar-refractivity contribution in [1.29, 1.82) is 0 Å². The van der Waals surface area contributed by atoms with Crippen molar-refractivity contribution in [3.05, 3.63) is 35.6 Å². The van der Waals surface area contributed by atoms with Crippen molar-refractivity contribution in [3.8, 4) is 11.4 Å². The van der Waals surface area contributed by atoms with Crippen LogP contribution < -0.4 is 5.32 Å². The molecule has 0 aromatic carbocycles. The molecule has 0 bridgehead atoms. The quantitative estimate of drug-likeness (QED) is 0.684. The number of ether oxygens (including phenoxy) is 1. The summed E-state index contributed by atoms with van der Waals surface area (Å²) in [5.74, 6) is 0.858. The molecule has 3 aromatic heterocycles. The SMILES string of the molecule is COCCNCc1cnc(-c2cnc3ccsc3c2)[nH]1. The number of pyridine rings is 1. The van der Waals surface area contributed by atoms with E-state index in [1.165, 1.54) is 4.70 Å². The Morgan fingerprint density at radius 2 is 2.30 bits per heavy atom. The zero-order chi connectivity index (χ0) is 13.8. The first-order chi connectivity index (χ1) is 9.86. The van der Waals surface area contributed by atoms with Crippen molar-refractivity contribution in [3.63, 3.8) is 0 Å². The molecule has 0 saturated heterocycles. The smallest absolute Gasteiger partial charge is 0.139 e. The van der Waals surface area contributed by atoms with E-state index in [0.29, 0.717) is 6.61 Å². The normalized spacial score (nSPS) is 11.2. The molecule has 3 heterocycles. The number of nitrogens with one attached hydrogen (secondary N) is 2. The van der Waals surface area contributed by atoms with E-state index in [9.17, 15) is 0 Å². The molecule has 0 spiro atoms. The number of thiophene rings is 1. The van der Waals surface area contributed by atoms with Crippen molar-refractivity contribution in [1.82, 2.24) is 20.3 Å². The lowest BCUT2D eigenvalue weighted by Gasteiger charge is -2.01. The molecular weight excluding hydrogens is 272 g/mol. The van der Waals surface area contributed by atoms with Crippen LogP contribution in [0.1, 0.15) is 5.69 Å². The number of methoxy groups -OCH3 is 1. The minimum absolute atomic E-state index is 0.708. The molecule has 3 aromatic rings. The number of hydrogen-bond acceptors (Lipinski definition) is 5. The van der Waals surface area contributed by atoms with Gasteiger partial charge in [-0.3, -0.25) is 4.98 Å². The first kappa shape index (κ1) is 13.2. The molecule has 0 aliphatic rings. The van der Waals surface area contributed by atoms with Gasteiger partial charge in [0.2, 0.25) is 0 Å². The molecule has 2 N–H and O–H groups in total. The van der Waals surface area contributed by atoms with Gasteiger partial charge in [-0.15, -0.1) is 11.3 Å². The number of H-pyrrole nitrogens is 1. The van der Waals surface area contributed by atoms with E-state index in [1.807, 2.05) is 18.5 Å². The Morgan fingerprint density at radius 1 is 1.35 bits per heavy atom. The molecule has 0 aliphatic heterocycles. The van der Waals surface area contributed by atoms with E-state index in [-0.39, 0.29) is 0 Å². The van der Waals surface area contributed by atoms with E-state index >= 15 is 0 Å². The Kier molecular flexibility index (Phi) is 4.05. The van der Waals surface area contributed by atoms with Crippen LogP contribution in [0, 0.1) is 0 Å². The number of fused-ring (bicyclic) bond motifs is 1. The van der Waals surface area contributed by atoms with Crippen LogP contribution >= 0.6 is 11.3 Å². The standard InChI is InChI=1S/C14H16N4OS/c1-19-4-3-15-8-11-9-17-14(18-11)10-6-13-12(16-7-10)2-5-20-13/h2,5-7,9,15H,3-4,8H2,1H3,(H,17,18). The van der Waals surface area contributed by atoms with Crippen molar-refractivity contribution < 1.29 is 4.74 Å². The largest absolute Gasteiger partial charge is 0.383 e. The van der Waals surface area contributed by atoms with Crippen molar-refractivity contribution >= 4 is 21.6 Å². The second-order valence-corrected chi connectivity index (χ2v) is 5.40. The highest BCUT2D eigenvalue weighted by Crippen LogP contribution is 2.24. The highest BCUT2D eigenvalue weighted by Gasteiger charge is 2.06. The molecule has 5 nitrogen and oxygen atoms in total. The third-order valence-electron chi connectivity index (χ3n) is 3.00. The van der Waals surface area contributed by atoms with E-state index < -0.39 is 0 Å². The highest BCUT2D eigenvalue weighted by atomic mass is 32.1. The molecule has 0 unspecified atom stereocenters. The molecule has 104 valence electrons. The van der Waals surface area contributed by atoms with Crippen LogP contribution in [0.4, 0.5) is 0 Å². The second-order valence-electron chi connectivity index (χ2n) is 4.45. The van der Waals surface area contributed by atoms with Gasteiger partial charge in [-0.2, -0.15) is 0 Å². The Labute approximate surface area is 121 Å². The number of aromatic nitrogens is 3. The predicted molar refractivity (Wildman–Crippen MR) is 80.8 cm³/mol. The summed E-state index contributed by atoms with van der Waals surface area (Å²) in [7, 11) is 1.70. The highest BCUT2D eigenvalue weighted by molar-refractivity contribution is 7.17. The minimum Gasteiger partial charge on any atom is -0.383 e. The van der Waals surface area contributed by atoms with Crippen LogP contribution in [0.5, 0.6) is 0 Å². The number of aromatic amines is 1. The first-order valence-corrected chi connectivity index (χ1v) is 7.32. The third-order valence-corrected chi connectivity index (χ3v) is 3.86. The van der Waals surface area contributed by atoms with Gasteiger partial charge < -0.3 is 15.0 Å². The molecule has 0 aliphatic carbocycles. The topological polar surface area (TPSA) is 62.8 Å². The van der Waals surface area contributed by atoms with Crippen LogP contribution in [0.25, 0.3) is 21.6 Å². The summed E-state index contributed by atoms with van der Waals surface area (Å²) in [5, 5.41) is 5.33. The Morgan fingerprint density at radius 3 is 3.20 bits per heavy atom. The summed E-state index contributed by atoms with van der Waals surface area (Å²) < 4.78 is 6.17. The van der Waals surface area contributed by atoms with Gasteiger partial charge in [0.15, 0.2) is 0 Å². The molecule has 0 radical (unpaired) electrons. The van der Waals surface area contributed by atoms with E-state index in [2.05, 4.69) is 31.7 Å². The van der Waals surface area contributed by atoms with Crippen molar-refractivity contribution in [2.75, 3.05) is 20.3 Å². The van der Waals surface area contributed by atoms with Gasteiger partial charge in [-0.25, -0.2) is 4.98 Å². The fourth-order valence-corrected chi connectivity index (χ4v) is 2.75. The van der Waals surface area contributed by atoms with Crippen molar-refractivity contribution in [2.24, 2.45) is 0 Å². The van der Waals surface area contributed by atoms with Crippen LogP contribution in [0.3, 0.4) is 0 Å². The molecule has 0 saturated carbocycles. The molecule has 6 heteroatoms. The van der Waals surface area contributed by atoms with Gasteiger partial charge in [-0.05, 0) is 17.5 Å². The Balaban J connectivity index is 1.72. The van der Waals surface area contributed by atoms with Gasteiger partial charge in [0.1, 0.15) is 5.82 Å². The zero-order valence-corrected chi connectivity index (χ0v) is 12.0. The number of imidazole rings is 1. The van der Waals surface area contributed by atoms with Gasteiger partial charge in [0.25, 0.3) is 0 Å². The fourth-order valence-electron chi connectivity index (χ4n) is 1.97. The van der Waals surface area contributed by atoms with Crippen LogP contribution in [-0.4, -0.2) is 35.2 Å². The van der Waals surface area contributed by atoms with Gasteiger partial charge in [0, 0.05) is 43.9 Å². The third kappa shape index (κ3) is 2.87. The van der Waals surface area contributed by atoms with Gasteiger partial charge in [0.05, 0.1) is 16.8 Å². The summed E-state index contributed by atoms with van der Waals surface area (Å²) in [6, 6.07) is 4.14. The minimum atomic E-state index is 0.708. The van der Waals surface area contributed by atoms with E-state index in [0.717, 1.165) is 35.7 Å². The maximum atomic E-state index is 4.99. The molecule has 0 amide bonds. The molecule has 0 fully saturated rings. The zero-order valence-electron chi connectivity index (χ0n) is 11.2. The fraction of sp³-hybridized carbons (Fsp3) is 0.286. The monoisotopic (exact) mass is 288 g/mol. The number of rotatable bonds is 6. The molecule has 20 heavy (non-hydrogen) atoms. The average Bonchev–Trinajstić information content (AvgIpc) is 3.11. The summed E-state index contributed by atoms with van der Waals surface area (Å²) in [6.45, 7) is 2.29. The van der Waals surface area contributed by atoms with Gasteiger partial charge >= 0.3 is 0 Å².